The van der Waals surface area contributed by atoms with Crippen LogP contribution < -0.4 is 5.32 Å². The van der Waals surface area contributed by atoms with Crippen molar-refractivity contribution in [3.05, 3.63) is 35.6 Å². The van der Waals surface area contributed by atoms with Gasteiger partial charge in [0.25, 0.3) is 0 Å². The van der Waals surface area contributed by atoms with E-state index in [0.717, 1.165) is 24.4 Å². The minimum Gasteiger partial charge on any atom is -0.310 e. The zero-order valence-corrected chi connectivity index (χ0v) is 12.0. The van der Waals surface area contributed by atoms with Crippen LogP contribution in [-0.4, -0.2) is 6.54 Å². The van der Waals surface area contributed by atoms with Crippen molar-refractivity contribution in [2.75, 3.05) is 6.54 Å². The summed E-state index contributed by atoms with van der Waals surface area (Å²) in [5.41, 5.74) is 0.841. The lowest BCUT2D eigenvalue weighted by atomic mass is 9.89. The summed E-state index contributed by atoms with van der Waals surface area (Å²) in [4.78, 5) is 0. The summed E-state index contributed by atoms with van der Waals surface area (Å²) in [7, 11) is 0. The van der Waals surface area contributed by atoms with Crippen LogP contribution in [0.4, 0.5) is 4.39 Å². The lowest BCUT2D eigenvalue weighted by Gasteiger charge is -2.24. The van der Waals surface area contributed by atoms with Crippen molar-refractivity contribution in [2.24, 2.45) is 5.92 Å². The molecule has 0 aromatic heterocycles. The first-order chi connectivity index (χ1) is 9.31. The standard InChI is InChI=1S/C17H26FN/c1-2-19-17(15-11-7-8-12-16(15)18)13-14-9-5-3-4-6-10-14/h7-8,11-12,14,17,19H,2-6,9-10,13H2,1H3. The minimum atomic E-state index is -0.0675. The van der Waals surface area contributed by atoms with E-state index in [1.54, 1.807) is 12.1 Å². The topological polar surface area (TPSA) is 12.0 Å². The van der Waals surface area contributed by atoms with Gasteiger partial charge in [0.05, 0.1) is 0 Å². The van der Waals surface area contributed by atoms with E-state index in [1.165, 1.54) is 38.5 Å². The number of rotatable bonds is 5. The molecule has 1 nitrogen and oxygen atoms in total. The quantitative estimate of drug-likeness (QED) is 0.750. The van der Waals surface area contributed by atoms with Gasteiger partial charge in [0.1, 0.15) is 5.82 Å². The molecule has 1 saturated carbocycles. The van der Waals surface area contributed by atoms with Crippen molar-refractivity contribution in [1.82, 2.24) is 5.32 Å². The van der Waals surface area contributed by atoms with Gasteiger partial charge in [-0.25, -0.2) is 4.39 Å². The molecule has 0 heterocycles. The molecule has 0 amide bonds. The van der Waals surface area contributed by atoms with Crippen molar-refractivity contribution in [3.8, 4) is 0 Å². The zero-order valence-electron chi connectivity index (χ0n) is 12.0. The van der Waals surface area contributed by atoms with Gasteiger partial charge in [-0.15, -0.1) is 0 Å². The van der Waals surface area contributed by atoms with E-state index in [-0.39, 0.29) is 11.9 Å². The lowest BCUT2D eigenvalue weighted by molar-refractivity contribution is 0.353. The van der Waals surface area contributed by atoms with Gasteiger partial charge in [-0.3, -0.25) is 0 Å². The Morgan fingerprint density at radius 1 is 1.16 bits per heavy atom. The molecule has 0 bridgehead atoms. The van der Waals surface area contributed by atoms with Crippen molar-refractivity contribution in [1.29, 1.82) is 0 Å². The van der Waals surface area contributed by atoms with Crippen LogP contribution in [0.2, 0.25) is 0 Å². The van der Waals surface area contributed by atoms with Crippen molar-refractivity contribution < 1.29 is 4.39 Å². The molecule has 0 saturated heterocycles. The Kier molecular flexibility index (Phi) is 5.84. The third-order valence-corrected chi connectivity index (χ3v) is 4.27. The average Bonchev–Trinajstić information content (AvgIpc) is 2.67. The Morgan fingerprint density at radius 2 is 1.84 bits per heavy atom. The molecule has 1 aliphatic carbocycles. The highest BCUT2D eigenvalue weighted by Crippen LogP contribution is 2.31. The predicted octanol–water partition coefficient (Wildman–Crippen LogP) is 4.84. The number of nitrogens with one attached hydrogen (secondary N) is 1. The highest BCUT2D eigenvalue weighted by atomic mass is 19.1. The Bertz CT molecular complexity index is 369. The Labute approximate surface area is 116 Å². The van der Waals surface area contributed by atoms with Crippen LogP contribution in [0.3, 0.4) is 0 Å². The maximum Gasteiger partial charge on any atom is 0.127 e. The third kappa shape index (κ3) is 4.31. The number of hydrogen-bond donors (Lipinski definition) is 1. The molecule has 2 rings (SSSR count). The first-order valence-electron chi connectivity index (χ1n) is 7.79. The van der Waals surface area contributed by atoms with E-state index in [0.29, 0.717) is 0 Å². The molecule has 19 heavy (non-hydrogen) atoms. The van der Waals surface area contributed by atoms with Gasteiger partial charge in [0.15, 0.2) is 0 Å². The molecule has 0 spiro atoms. The summed E-state index contributed by atoms with van der Waals surface area (Å²) in [6.07, 6.45) is 9.16. The lowest BCUT2D eigenvalue weighted by Crippen LogP contribution is -2.24. The largest absolute Gasteiger partial charge is 0.310 e. The summed E-state index contributed by atoms with van der Waals surface area (Å²) >= 11 is 0. The van der Waals surface area contributed by atoms with Gasteiger partial charge in [0.2, 0.25) is 0 Å². The SMILES string of the molecule is CCNC(CC1CCCCCC1)c1ccccc1F. The zero-order chi connectivity index (χ0) is 13.5. The normalized spacial score (nSPS) is 19.1. The summed E-state index contributed by atoms with van der Waals surface area (Å²) in [5.74, 6) is 0.688. The number of halogens is 1. The molecule has 1 aliphatic rings. The average molecular weight is 263 g/mol. The van der Waals surface area contributed by atoms with Crippen LogP contribution in [0.25, 0.3) is 0 Å². The Hall–Kier alpha value is -0.890. The second-order valence-electron chi connectivity index (χ2n) is 5.73. The summed E-state index contributed by atoms with van der Waals surface area (Å²) in [6.45, 7) is 2.99. The fourth-order valence-electron chi connectivity index (χ4n) is 3.26. The molecule has 2 heteroatoms. The number of benzene rings is 1. The van der Waals surface area contributed by atoms with E-state index in [2.05, 4.69) is 12.2 Å². The van der Waals surface area contributed by atoms with E-state index in [4.69, 9.17) is 0 Å². The highest BCUT2D eigenvalue weighted by Gasteiger charge is 2.20. The fourth-order valence-corrected chi connectivity index (χ4v) is 3.26. The second kappa shape index (κ2) is 7.64. The van der Waals surface area contributed by atoms with E-state index < -0.39 is 0 Å². The van der Waals surface area contributed by atoms with Crippen LogP contribution in [-0.2, 0) is 0 Å². The van der Waals surface area contributed by atoms with Crippen LogP contribution >= 0.6 is 0 Å². The van der Waals surface area contributed by atoms with Crippen LogP contribution in [0.15, 0.2) is 24.3 Å². The first-order valence-corrected chi connectivity index (χ1v) is 7.79. The molecule has 1 fully saturated rings. The third-order valence-electron chi connectivity index (χ3n) is 4.27. The maximum atomic E-state index is 14.0. The van der Waals surface area contributed by atoms with E-state index >= 15 is 0 Å². The van der Waals surface area contributed by atoms with Gasteiger partial charge in [0, 0.05) is 11.6 Å². The molecule has 1 atom stereocenters. The van der Waals surface area contributed by atoms with Gasteiger partial charge in [-0.05, 0) is 24.9 Å². The van der Waals surface area contributed by atoms with Crippen LogP contribution in [0.1, 0.15) is 63.5 Å². The molecule has 1 unspecified atom stereocenters. The Balaban J connectivity index is 2.05. The highest BCUT2D eigenvalue weighted by molar-refractivity contribution is 5.21. The van der Waals surface area contributed by atoms with Crippen molar-refractivity contribution >= 4 is 0 Å². The van der Waals surface area contributed by atoms with Gasteiger partial charge < -0.3 is 5.32 Å². The minimum absolute atomic E-state index is 0.0675. The van der Waals surface area contributed by atoms with Crippen molar-refractivity contribution in [3.63, 3.8) is 0 Å². The second-order valence-corrected chi connectivity index (χ2v) is 5.73. The molecule has 106 valence electrons. The Morgan fingerprint density at radius 3 is 2.47 bits per heavy atom. The molecule has 0 radical (unpaired) electrons. The summed E-state index contributed by atoms with van der Waals surface area (Å²) in [5, 5.41) is 3.47. The smallest absolute Gasteiger partial charge is 0.127 e. The van der Waals surface area contributed by atoms with Gasteiger partial charge in [-0.1, -0.05) is 63.6 Å². The predicted molar refractivity (Wildman–Crippen MR) is 78.6 cm³/mol. The van der Waals surface area contributed by atoms with Gasteiger partial charge >= 0.3 is 0 Å². The molecule has 1 N–H and O–H groups in total. The van der Waals surface area contributed by atoms with Crippen LogP contribution in [0.5, 0.6) is 0 Å². The van der Waals surface area contributed by atoms with Crippen molar-refractivity contribution in [2.45, 2.75) is 57.9 Å². The molecule has 0 aliphatic heterocycles. The fraction of sp³-hybridized carbons (Fsp3) is 0.647. The monoisotopic (exact) mass is 263 g/mol. The van der Waals surface area contributed by atoms with Gasteiger partial charge in [-0.2, -0.15) is 0 Å². The molecular weight excluding hydrogens is 237 g/mol. The molecule has 1 aromatic carbocycles. The summed E-state index contributed by atoms with van der Waals surface area (Å²) < 4.78 is 14.0. The first kappa shape index (κ1) is 14.5. The van der Waals surface area contributed by atoms with Crippen LogP contribution in [0, 0.1) is 11.7 Å². The summed E-state index contributed by atoms with van der Waals surface area (Å²) in [6, 6.07) is 7.39. The number of hydrogen-bond acceptors (Lipinski definition) is 1. The molecular formula is C17H26FN. The van der Waals surface area contributed by atoms with E-state index in [1.807, 2.05) is 12.1 Å². The molecule has 1 aromatic rings. The van der Waals surface area contributed by atoms with E-state index in [9.17, 15) is 4.39 Å². The maximum absolute atomic E-state index is 14.0.